The van der Waals surface area contributed by atoms with Crippen molar-refractivity contribution in [2.24, 2.45) is 5.41 Å². The van der Waals surface area contributed by atoms with Gasteiger partial charge in [-0.05, 0) is 55.4 Å². The van der Waals surface area contributed by atoms with Crippen molar-refractivity contribution in [2.45, 2.75) is 43.8 Å². The Bertz CT molecular complexity index is 692. The smallest absolute Gasteiger partial charge is 0.263 e. The molecule has 24 heavy (non-hydrogen) atoms. The van der Waals surface area contributed by atoms with Gasteiger partial charge in [-0.3, -0.25) is 4.79 Å². The van der Waals surface area contributed by atoms with Crippen LogP contribution in [0.4, 0.5) is 0 Å². The molecule has 3 heterocycles. The zero-order chi connectivity index (χ0) is 16.8. The number of rotatable bonds is 3. The first-order chi connectivity index (χ1) is 11.5. The SMILES string of the molecule is O=C(c1cccs1)N1CCC2(CC1)CCN(S(=O)(=O)C1CC1)CC2. The number of likely N-dealkylation sites (tertiary alicyclic amines) is 1. The first-order valence-electron chi connectivity index (χ1n) is 8.82. The average molecular weight is 369 g/mol. The van der Waals surface area contributed by atoms with E-state index in [4.69, 9.17) is 0 Å². The summed E-state index contributed by atoms with van der Waals surface area (Å²) in [5, 5.41) is 1.84. The van der Waals surface area contributed by atoms with Crippen molar-refractivity contribution in [1.82, 2.24) is 9.21 Å². The lowest BCUT2D eigenvalue weighted by Crippen LogP contribution is -2.49. The fraction of sp³-hybridized carbons (Fsp3) is 0.706. The fourth-order valence-corrected chi connectivity index (χ4v) is 6.57. The van der Waals surface area contributed by atoms with Gasteiger partial charge in [0, 0.05) is 26.2 Å². The molecule has 1 saturated carbocycles. The van der Waals surface area contributed by atoms with Crippen LogP contribution in [-0.2, 0) is 10.0 Å². The van der Waals surface area contributed by atoms with Crippen molar-refractivity contribution >= 4 is 27.3 Å². The Hall–Kier alpha value is -0.920. The molecule has 0 bridgehead atoms. The predicted molar refractivity (Wildman–Crippen MR) is 94.6 cm³/mol. The molecule has 1 amide bonds. The normalized spacial score (nSPS) is 25.1. The molecule has 0 radical (unpaired) electrons. The number of piperidine rings is 2. The van der Waals surface area contributed by atoms with Gasteiger partial charge in [-0.2, -0.15) is 0 Å². The number of carbonyl (C=O) groups excluding carboxylic acids is 1. The van der Waals surface area contributed by atoms with Crippen LogP contribution < -0.4 is 0 Å². The van der Waals surface area contributed by atoms with Gasteiger partial charge in [0.1, 0.15) is 0 Å². The first kappa shape index (κ1) is 16.5. The molecule has 1 aliphatic carbocycles. The molecule has 2 aliphatic heterocycles. The van der Waals surface area contributed by atoms with Gasteiger partial charge in [-0.25, -0.2) is 12.7 Å². The molecule has 1 aromatic rings. The Kier molecular flexibility index (Phi) is 4.21. The van der Waals surface area contributed by atoms with E-state index in [1.165, 1.54) is 11.3 Å². The Morgan fingerprint density at radius 1 is 1.08 bits per heavy atom. The second kappa shape index (κ2) is 6.11. The lowest BCUT2D eigenvalue weighted by atomic mass is 9.71. The number of carbonyl (C=O) groups is 1. The Labute approximate surface area is 147 Å². The second-order valence-corrected chi connectivity index (χ2v) is 10.6. The molecule has 3 fully saturated rings. The van der Waals surface area contributed by atoms with Crippen LogP contribution in [0.2, 0.25) is 0 Å². The topological polar surface area (TPSA) is 57.7 Å². The molecule has 0 N–H and O–H groups in total. The molecule has 0 aromatic carbocycles. The number of sulfonamides is 1. The molecule has 3 aliphatic rings. The molecule has 2 saturated heterocycles. The van der Waals surface area contributed by atoms with E-state index >= 15 is 0 Å². The molecule has 132 valence electrons. The minimum atomic E-state index is -3.03. The van der Waals surface area contributed by atoms with Gasteiger partial charge in [0.05, 0.1) is 10.1 Å². The summed E-state index contributed by atoms with van der Waals surface area (Å²) in [5.74, 6) is 0.147. The summed E-state index contributed by atoms with van der Waals surface area (Å²) in [7, 11) is -3.03. The minimum Gasteiger partial charge on any atom is -0.338 e. The second-order valence-electron chi connectivity index (χ2n) is 7.41. The maximum Gasteiger partial charge on any atom is 0.263 e. The number of hydrogen-bond acceptors (Lipinski definition) is 4. The van der Waals surface area contributed by atoms with Crippen LogP contribution in [0.3, 0.4) is 0 Å². The van der Waals surface area contributed by atoms with E-state index in [-0.39, 0.29) is 16.6 Å². The molecule has 0 unspecified atom stereocenters. The monoisotopic (exact) mass is 368 g/mol. The van der Waals surface area contributed by atoms with E-state index in [1.807, 2.05) is 22.4 Å². The maximum absolute atomic E-state index is 12.4. The molecule has 5 nitrogen and oxygen atoms in total. The van der Waals surface area contributed by atoms with Crippen LogP contribution in [0.15, 0.2) is 17.5 Å². The van der Waals surface area contributed by atoms with Gasteiger partial charge >= 0.3 is 0 Å². The first-order valence-corrected chi connectivity index (χ1v) is 11.2. The van der Waals surface area contributed by atoms with Gasteiger partial charge in [0.15, 0.2) is 0 Å². The van der Waals surface area contributed by atoms with E-state index in [0.29, 0.717) is 13.1 Å². The highest BCUT2D eigenvalue weighted by atomic mass is 32.2. The maximum atomic E-state index is 12.4. The van der Waals surface area contributed by atoms with Crippen LogP contribution in [-0.4, -0.2) is 55.0 Å². The van der Waals surface area contributed by atoms with Gasteiger partial charge < -0.3 is 4.90 Å². The highest BCUT2D eigenvalue weighted by molar-refractivity contribution is 7.90. The third kappa shape index (κ3) is 3.02. The van der Waals surface area contributed by atoms with E-state index in [0.717, 1.165) is 56.5 Å². The lowest BCUT2D eigenvalue weighted by molar-refractivity contribution is 0.0428. The molecule has 4 rings (SSSR count). The summed E-state index contributed by atoms with van der Waals surface area (Å²) in [5.41, 5.74) is 0.238. The Morgan fingerprint density at radius 2 is 1.71 bits per heavy atom. The third-order valence-corrected chi connectivity index (χ3v) is 9.19. The number of hydrogen-bond donors (Lipinski definition) is 0. The highest BCUT2D eigenvalue weighted by Gasteiger charge is 2.45. The van der Waals surface area contributed by atoms with E-state index in [2.05, 4.69) is 0 Å². The number of nitrogens with zero attached hydrogens (tertiary/aromatic N) is 2. The summed E-state index contributed by atoms with van der Waals surface area (Å²) in [4.78, 5) is 15.2. The van der Waals surface area contributed by atoms with Crippen LogP contribution in [0, 0.1) is 5.41 Å². The third-order valence-electron chi connectivity index (χ3n) is 5.93. The number of thiophene rings is 1. The van der Waals surface area contributed by atoms with Crippen LogP contribution >= 0.6 is 11.3 Å². The van der Waals surface area contributed by atoms with E-state index < -0.39 is 10.0 Å². The summed E-state index contributed by atoms with van der Waals surface area (Å²) in [6, 6.07) is 3.80. The van der Waals surface area contributed by atoms with Crippen molar-refractivity contribution in [3.05, 3.63) is 22.4 Å². The van der Waals surface area contributed by atoms with E-state index in [1.54, 1.807) is 4.31 Å². The fourth-order valence-electron chi connectivity index (χ4n) is 4.03. The Balaban J connectivity index is 1.34. The molecule has 1 aromatic heterocycles. The van der Waals surface area contributed by atoms with Crippen molar-refractivity contribution in [2.75, 3.05) is 26.2 Å². The minimum absolute atomic E-state index is 0.100. The summed E-state index contributed by atoms with van der Waals surface area (Å²) >= 11 is 1.50. The van der Waals surface area contributed by atoms with Gasteiger partial charge in [0.25, 0.3) is 5.91 Å². The van der Waals surface area contributed by atoms with Gasteiger partial charge in [0.2, 0.25) is 10.0 Å². The standard InChI is InChI=1S/C17H24N2O3S2/c20-16(15-2-1-13-23-15)18-9-5-17(6-10-18)7-11-19(12-8-17)24(21,22)14-3-4-14/h1-2,13-14H,3-12H2. The largest absolute Gasteiger partial charge is 0.338 e. The van der Waals surface area contributed by atoms with Crippen molar-refractivity contribution in [3.63, 3.8) is 0 Å². The zero-order valence-corrected chi connectivity index (χ0v) is 15.4. The molecule has 7 heteroatoms. The van der Waals surface area contributed by atoms with Crippen molar-refractivity contribution in [3.8, 4) is 0 Å². The summed E-state index contributed by atoms with van der Waals surface area (Å²) in [6.07, 6.45) is 5.57. The zero-order valence-electron chi connectivity index (χ0n) is 13.8. The van der Waals surface area contributed by atoms with Crippen molar-refractivity contribution < 1.29 is 13.2 Å². The van der Waals surface area contributed by atoms with Crippen molar-refractivity contribution in [1.29, 1.82) is 0 Å². The highest BCUT2D eigenvalue weighted by Crippen LogP contribution is 2.43. The Morgan fingerprint density at radius 3 is 2.25 bits per heavy atom. The molecule has 1 spiro atoms. The van der Waals surface area contributed by atoms with Gasteiger partial charge in [-0.1, -0.05) is 6.07 Å². The molecular weight excluding hydrogens is 344 g/mol. The average Bonchev–Trinajstić information content (AvgIpc) is 3.32. The summed E-state index contributed by atoms with van der Waals surface area (Å²) < 4.78 is 26.5. The lowest BCUT2D eigenvalue weighted by Gasteiger charge is -2.46. The summed E-state index contributed by atoms with van der Waals surface area (Å²) in [6.45, 7) is 2.92. The number of amides is 1. The van der Waals surface area contributed by atoms with Crippen LogP contribution in [0.5, 0.6) is 0 Å². The molecule has 0 atom stereocenters. The van der Waals surface area contributed by atoms with Crippen LogP contribution in [0.25, 0.3) is 0 Å². The van der Waals surface area contributed by atoms with Crippen LogP contribution in [0.1, 0.15) is 48.2 Å². The van der Waals surface area contributed by atoms with E-state index in [9.17, 15) is 13.2 Å². The quantitative estimate of drug-likeness (QED) is 0.824. The molecular formula is C17H24N2O3S2. The van der Waals surface area contributed by atoms with Gasteiger partial charge in [-0.15, -0.1) is 11.3 Å². The predicted octanol–water partition coefficient (Wildman–Crippen LogP) is 2.56.